The number of aliphatic hydroxyl groups excluding tert-OH is 1. The summed E-state index contributed by atoms with van der Waals surface area (Å²) in [5.41, 5.74) is -0.246. The van der Waals surface area contributed by atoms with E-state index in [2.05, 4.69) is 5.32 Å². The molecule has 0 radical (unpaired) electrons. The van der Waals surface area contributed by atoms with Crippen LogP contribution < -0.4 is 5.32 Å². The van der Waals surface area contributed by atoms with Crippen LogP contribution in [0.4, 0.5) is 13.2 Å². The molecule has 0 saturated heterocycles. The van der Waals surface area contributed by atoms with E-state index in [1.54, 1.807) is 6.07 Å². The molecule has 0 aliphatic carbocycles. The van der Waals surface area contributed by atoms with Crippen LogP contribution >= 0.6 is 0 Å². The summed E-state index contributed by atoms with van der Waals surface area (Å²) in [6, 6.07) is 1.73. The lowest BCUT2D eigenvalue weighted by Crippen LogP contribution is -2.23. The highest BCUT2D eigenvalue weighted by Gasteiger charge is 2.17. The molecule has 6 heteroatoms. The Hall–Kier alpha value is -1.58. The van der Waals surface area contributed by atoms with Crippen molar-refractivity contribution in [3.05, 3.63) is 35.1 Å². The molecule has 1 aromatic carbocycles. The number of nitriles is 1. The van der Waals surface area contributed by atoms with E-state index in [1.165, 1.54) is 0 Å². The molecule has 2 N–H and O–H groups in total. The van der Waals surface area contributed by atoms with Crippen molar-refractivity contribution >= 4 is 0 Å². The molecule has 1 unspecified atom stereocenters. The van der Waals surface area contributed by atoms with Crippen molar-refractivity contribution in [3.8, 4) is 6.07 Å². The first-order valence-electron chi connectivity index (χ1n) is 4.98. The van der Waals surface area contributed by atoms with E-state index >= 15 is 0 Å². The zero-order valence-electron chi connectivity index (χ0n) is 8.88. The summed E-state index contributed by atoms with van der Waals surface area (Å²) in [5, 5.41) is 20.0. The van der Waals surface area contributed by atoms with E-state index in [-0.39, 0.29) is 18.7 Å². The third-order valence-electron chi connectivity index (χ3n) is 2.16. The molecule has 0 spiro atoms. The lowest BCUT2D eigenvalue weighted by molar-refractivity contribution is 0.285. The normalized spacial score (nSPS) is 12.2. The summed E-state index contributed by atoms with van der Waals surface area (Å²) >= 11 is 0. The first-order chi connectivity index (χ1) is 8.10. The van der Waals surface area contributed by atoms with Gasteiger partial charge in [0.15, 0.2) is 11.6 Å². The van der Waals surface area contributed by atoms with Gasteiger partial charge in [-0.3, -0.25) is 5.32 Å². The molecule has 1 aromatic rings. The van der Waals surface area contributed by atoms with Crippen molar-refractivity contribution in [2.24, 2.45) is 0 Å². The van der Waals surface area contributed by atoms with Gasteiger partial charge in [-0.25, -0.2) is 13.2 Å². The summed E-state index contributed by atoms with van der Waals surface area (Å²) in [7, 11) is 0. The lowest BCUT2D eigenvalue weighted by atomic mass is 10.1. The quantitative estimate of drug-likeness (QED) is 0.611. The zero-order chi connectivity index (χ0) is 12.8. The van der Waals surface area contributed by atoms with Crippen LogP contribution in [0.25, 0.3) is 0 Å². The summed E-state index contributed by atoms with van der Waals surface area (Å²) in [6.45, 7) is 0.193. The van der Waals surface area contributed by atoms with Gasteiger partial charge >= 0.3 is 0 Å². The standard InChI is InChI=1S/C11H11F3N2O/c12-8-5-10(14)9(13)4-7(8)11(6-15)16-2-1-3-17/h4-5,11,16-17H,1-3H2. The van der Waals surface area contributed by atoms with Gasteiger partial charge in [0, 0.05) is 18.2 Å². The van der Waals surface area contributed by atoms with Crippen LogP contribution in [0.5, 0.6) is 0 Å². The molecule has 0 aromatic heterocycles. The highest BCUT2D eigenvalue weighted by molar-refractivity contribution is 5.27. The molecular formula is C11H11F3N2O. The van der Waals surface area contributed by atoms with E-state index in [1.807, 2.05) is 0 Å². The third-order valence-corrected chi connectivity index (χ3v) is 2.16. The smallest absolute Gasteiger partial charge is 0.161 e. The number of hydrogen-bond acceptors (Lipinski definition) is 3. The minimum Gasteiger partial charge on any atom is -0.396 e. The van der Waals surface area contributed by atoms with Crippen molar-refractivity contribution in [2.75, 3.05) is 13.2 Å². The van der Waals surface area contributed by atoms with Gasteiger partial charge in [0.2, 0.25) is 0 Å². The number of aliphatic hydroxyl groups is 1. The fraction of sp³-hybridized carbons (Fsp3) is 0.364. The molecule has 0 fully saturated rings. The number of nitrogens with zero attached hydrogens (tertiary/aromatic N) is 1. The number of benzene rings is 1. The van der Waals surface area contributed by atoms with E-state index in [9.17, 15) is 13.2 Å². The molecule has 0 saturated carbocycles. The summed E-state index contributed by atoms with van der Waals surface area (Å²) in [4.78, 5) is 0. The highest BCUT2D eigenvalue weighted by atomic mass is 19.2. The average Bonchev–Trinajstić information content (AvgIpc) is 2.30. The molecule has 0 heterocycles. The lowest BCUT2D eigenvalue weighted by Gasteiger charge is -2.12. The van der Waals surface area contributed by atoms with Crippen molar-refractivity contribution in [1.82, 2.24) is 5.32 Å². The van der Waals surface area contributed by atoms with Crippen molar-refractivity contribution < 1.29 is 18.3 Å². The Bertz CT molecular complexity index is 431. The fourth-order valence-electron chi connectivity index (χ4n) is 1.31. The maximum Gasteiger partial charge on any atom is 0.161 e. The second-order valence-electron chi connectivity index (χ2n) is 3.38. The number of halogens is 3. The minimum absolute atomic E-state index is 0.0780. The second-order valence-corrected chi connectivity index (χ2v) is 3.38. The molecule has 1 atom stereocenters. The summed E-state index contributed by atoms with van der Waals surface area (Å²) in [5.74, 6) is -3.48. The van der Waals surface area contributed by atoms with Crippen LogP contribution in [-0.2, 0) is 0 Å². The molecule has 3 nitrogen and oxygen atoms in total. The van der Waals surface area contributed by atoms with E-state index < -0.39 is 23.5 Å². The van der Waals surface area contributed by atoms with Crippen LogP contribution in [0.2, 0.25) is 0 Å². The molecule has 1 rings (SSSR count). The van der Waals surface area contributed by atoms with Crippen LogP contribution in [-0.4, -0.2) is 18.3 Å². The highest BCUT2D eigenvalue weighted by Crippen LogP contribution is 2.20. The first-order valence-corrected chi connectivity index (χ1v) is 4.98. The Kier molecular flexibility index (Phi) is 4.94. The van der Waals surface area contributed by atoms with Crippen molar-refractivity contribution in [1.29, 1.82) is 5.26 Å². The molecule has 0 amide bonds. The van der Waals surface area contributed by atoms with Crippen LogP contribution in [0.1, 0.15) is 18.0 Å². The molecule has 92 valence electrons. The summed E-state index contributed by atoms with van der Waals surface area (Å²) < 4.78 is 38.9. The van der Waals surface area contributed by atoms with Gasteiger partial charge in [-0.1, -0.05) is 0 Å². The van der Waals surface area contributed by atoms with Gasteiger partial charge in [0.25, 0.3) is 0 Å². The number of rotatable bonds is 5. The number of nitrogens with one attached hydrogen (secondary N) is 1. The maximum absolute atomic E-state index is 13.3. The van der Waals surface area contributed by atoms with E-state index in [4.69, 9.17) is 10.4 Å². The van der Waals surface area contributed by atoms with Crippen LogP contribution in [0.3, 0.4) is 0 Å². The van der Waals surface area contributed by atoms with Gasteiger partial charge in [-0.15, -0.1) is 0 Å². The van der Waals surface area contributed by atoms with Gasteiger partial charge in [-0.2, -0.15) is 5.26 Å². The Morgan fingerprint density at radius 2 is 1.88 bits per heavy atom. The Morgan fingerprint density at radius 3 is 2.47 bits per heavy atom. The van der Waals surface area contributed by atoms with E-state index in [0.29, 0.717) is 18.6 Å². The molecule has 0 bridgehead atoms. The number of hydrogen-bond donors (Lipinski definition) is 2. The van der Waals surface area contributed by atoms with Gasteiger partial charge in [0.05, 0.1) is 6.07 Å². The van der Waals surface area contributed by atoms with Crippen LogP contribution in [0, 0.1) is 28.8 Å². The minimum atomic E-state index is -1.29. The Morgan fingerprint density at radius 1 is 1.24 bits per heavy atom. The summed E-state index contributed by atoms with van der Waals surface area (Å²) in [6.07, 6.45) is 0.378. The molecule has 0 aliphatic rings. The Labute approximate surface area is 96.5 Å². The fourth-order valence-corrected chi connectivity index (χ4v) is 1.31. The monoisotopic (exact) mass is 244 g/mol. The largest absolute Gasteiger partial charge is 0.396 e. The second kappa shape index (κ2) is 6.23. The van der Waals surface area contributed by atoms with Crippen LogP contribution in [0.15, 0.2) is 12.1 Å². The molecule has 0 aliphatic heterocycles. The maximum atomic E-state index is 13.3. The Balaban J connectivity index is 2.89. The molecular weight excluding hydrogens is 233 g/mol. The zero-order valence-corrected chi connectivity index (χ0v) is 8.88. The van der Waals surface area contributed by atoms with Crippen molar-refractivity contribution in [3.63, 3.8) is 0 Å². The molecule has 17 heavy (non-hydrogen) atoms. The predicted molar refractivity (Wildman–Crippen MR) is 54.4 cm³/mol. The first kappa shape index (κ1) is 13.5. The predicted octanol–water partition coefficient (Wildman–Crippen LogP) is 1.64. The van der Waals surface area contributed by atoms with Gasteiger partial charge in [-0.05, 0) is 19.0 Å². The van der Waals surface area contributed by atoms with Gasteiger partial charge in [0.1, 0.15) is 11.9 Å². The average molecular weight is 244 g/mol. The van der Waals surface area contributed by atoms with E-state index in [0.717, 1.165) is 0 Å². The third kappa shape index (κ3) is 3.44. The SMILES string of the molecule is N#CC(NCCCO)c1cc(F)c(F)cc1F. The topological polar surface area (TPSA) is 56.0 Å². The van der Waals surface area contributed by atoms with Crippen molar-refractivity contribution in [2.45, 2.75) is 12.5 Å². The van der Waals surface area contributed by atoms with Gasteiger partial charge < -0.3 is 5.11 Å².